The standard InChI is InChI=1S/C19H17NO5S/c1-24-18(22)10-13-6-8-14(9-7-13)25-19(23)11-20-15-4-2-3-5-16(15)26-12-17(20)21/h2-9H,10-12H2,1H3. The third kappa shape index (κ3) is 4.23. The second kappa shape index (κ2) is 8.05. The van der Waals surface area contributed by atoms with Crippen LogP contribution in [-0.4, -0.2) is 37.3 Å². The van der Waals surface area contributed by atoms with Crippen molar-refractivity contribution >= 4 is 35.3 Å². The van der Waals surface area contributed by atoms with Crippen molar-refractivity contribution < 1.29 is 23.9 Å². The van der Waals surface area contributed by atoms with Crippen LogP contribution >= 0.6 is 11.8 Å². The number of anilines is 1. The molecule has 0 saturated heterocycles. The highest BCUT2D eigenvalue weighted by molar-refractivity contribution is 8.00. The van der Waals surface area contributed by atoms with Gasteiger partial charge in [-0.1, -0.05) is 24.3 Å². The lowest BCUT2D eigenvalue weighted by atomic mass is 10.1. The molecule has 0 radical (unpaired) electrons. The van der Waals surface area contributed by atoms with E-state index in [-0.39, 0.29) is 24.8 Å². The fourth-order valence-electron chi connectivity index (χ4n) is 2.53. The Morgan fingerprint density at radius 3 is 2.54 bits per heavy atom. The molecule has 3 rings (SSSR count). The molecule has 0 unspecified atom stereocenters. The number of carbonyl (C=O) groups is 3. The van der Waals surface area contributed by atoms with Crippen LogP contribution in [0.25, 0.3) is 0 Å². The molecule has 0 aliphatic carbocycles. The third-order valence-electron chi connectivity index (χ3n) is 3.83. The van der Waals surface area contributed by atoms with E-state index in [1.165, 1.54) is 23.8 Å². The molecule has 1 amide bonds. The average Bonchev–Trinajstić information content (AvgIpc) is 2.65. The lowest BCUT2D eigenvalue weighted by Crippen LogP contribution is -2.40. The second-order valence-corrected chi connectivity index (χ2v) is 6.62. The van der Waals surface area contributed by atoms with E-state index >= 15 is 0 Å². The molecule has 0 saturated carbocycles. The summed E-state index contributed by atoms with van der Waals surface area (Å²) in [6, 6.07) is 14.1. The zero-order chi connectivity index (χ0) is 18.5. The number of fused-ring (bicyclic) bond motifs is 1. The van der Waals surface area contributed by atoms with Crippen molar-refractivity contribution in [2.24, 2.45) is 0 Å². The topological polar surface area (TPSA) is 72.9 Å². The van der Waals surface area contributed by atoms with Crippen molar-refractivity contribution in [3.63, 3.8) is 0 Å². The van der Waals surface area contributed by atoms with E-state index < -0.39 is 5.97 Å². The van der Waals surface area contributed by atoms with E-state index in [0.717, 1.165) is 16.1 Å². The Bertz CT molecular complexity index is 834. The molecule has 0 spiro atoms. The molecule has 6 nitrogen and oxygen atoms in total. The summed E-state index contributed by atoms with van der Waals surface area (Å²) in [6.45, 7) is -0.152. The van der Waals surface area contributed by atoms with Crippen molar-refractivity contribution in [2.45, 2.75) is 11.3 Å². The average molecular weight is 371 g/mol. The van der Waals surface area contributed by atoms with Gasteiger partial charge in [-0.05, 0) is 29.8 Å². The van der Waals surface area contributed by atoms with Gasteiger partial charge in [0.1, 0.15) is 12.3 Å². The highest BCUT2D eigenvalue weighted by atomic mass is 32.2. The van der Waals surface area contributed by atoms with Crippen LogP contribution in [0.5, 0.6) is 5.75 Å². The van der Waals surface area contributed by atoms with Gasteiger partial charge in [-0.3, -0.25) is 14.5 Å². The summed E-state index contributed by atoms with van der Waals surface area (Å²) in [5, 5.41) is 0. The van der Waals surface area contributed by atoms with Crippen LogP contribution in [0, 0.1) is 0 Å². The van der Waals surface area contributed by atoms with Gasteiger partial charge >= 0.3 is 11.9 Å². The van der Waals surface area contributed by atoms with E-state index in [1.807, 2.05) is 24.3 Å². The van der Waals surface area contributed by atoms with Crippen molar-refractivity contribution in [3.05, 3.63) is 54.1 Å². The third-order valence-corrected chi connectivity index (χ3v) is 4.87. The number of carbonyl (C=O) groups excluding carboxylic acids is 3. The van der Waals surface area contributed by atoms with Gasteiger partial charge in [-0.25, -0.2) is 4.79 Å². The molecule has 0 aromatic heterocycles. The second-order valence-electron chi connectivity index (χ2n) is 5.61. The first-order valence-electron chi connectivity index (χ1n) is 7.95. The number of rotatable bonds is 5. The molecule has 1 aliphatic heterocycles. The van der Waals surface area contributed by atoms with E-state index in [1.54, 1.807) is 24.3 Å². The van der Waals surface area contributed by atoms with Crippen LogP contribution in [0.2, 0.25) is 0 Å². The first kappa shape index (κ1) is 18.0. The lowest BCUT2D eigenvalue weighted by Gasteiger charge is -2.27. The number of para-hydroxylation sites is 1. The van der Waals surface area contributed by atoms with Crippen LogP contribution in [-0.2, 0) is 25.5 Å². The predicted octanol–water partition coefficient (Wildman–Crippen LogP) is 2.45. The predicted molar refractivity (Wildman–Crippen MR) is 97.3 cm³/mol. The minimum Gasteiger partial charge on any atom is -0.469 e. The number of nitrogens with zero attached hydrogens (tertiary/aromatic N) is 1. The summed E-state index contributed by atoms with van der Waals surface area (Å²) < 4.78 is 9.92. The van der Waals surface area contributed by atoms with Crippen LogP contribution in [0.3, 0.4) is 0 Å². The van der Waals surface area contributed by atoms with E-state index in [4.69, 9.17) is 4.74 Å². The van der Waals surface area contributed by atoms with Gasteiger partial charge in [0.2, 0.25) is 5.91 Å². The fourth-order valence-corrected chi connectivity index (χ4v) is 3.47. The monoisotopic (exact) mass is 371 g/mol. The van der Waals surface area contributed by atoms with Crippen LogP contribution < -0.4 is 9.64 Å². The van der Waals surface area contributed by atoms with Gasteiger partial charge in [-0.2, -0.15) is 0 Å². The Morgan fingerprint density at radius 2 is 1.81 bits per heavy atom. The highest BCUT2D eigenvalue weighted by Gasteiger charge is 2.26. The van der Waals surface area contributed by atoms with E-state index in [2.05, 4.69) is 4.74 Å². The number of amides is 1. The Kier molecular flexibility index (Phi) is 5.58. The zero-order valence-corrected chi connectivity index (χ0v) is 15.0. The van der Waals surface area contributed by atoms with Gasteiger partial charge in [0, 0.05) is 4.90 Å². The van der Waals surface area contributed by atoms with Crippen molar-refractivity contribution in [2.75, 3.05) is 24.3 Å². The van der Waals surface area contributed by atoms with Gasteiger partial charge in [0.15, 0.2) is 0 Å². The normalized spacial score (nSPS) is 13.1. The Hall–Kier alpha value is -2.80. The summed E-state index contributed by atoms with van der Waals surface area (Å²) in [6.07, 6.45) is 0.154. The fraction of sp³-hybridized carbons (Fsp3) is 0.211. The van der Waals surface area contributed by atoms with E-state index in [0.29, 0.717) is 11.5 Å². The summed E-state index contributed by atoms with van der Waals surface area (Å²) in [5.74, 6) is -0.336. The van der Waals surface area contributed by atoms with Crippen molar-refractivity contribution in [3.8, 4) is 5.75 Å². The summed E-state index contributed by atoms with van der Waals surface area (Å²) >= 11 is 1.46. The summed E-state index contributed by atoms with van der Waals surface area (Å²) in [4.78, 5) is 38.1. The molecule has 134 valence electrons. The molecule has 2 aromatic carbocycles. The Labute approximate surface area is 155 Å². The van der Waals surface area contributed by atoms with Crippen molar-refractivity contribution in [1.82, 2.24) is 0 Å². The van der Waals surface area contributed by atoms with Crippen LogP contribution in [0.1, 0.15) is 5.56 Å². The van der Waals surface area contributed by atoms with Gasteiger partial charge < -0.3 is 9.47 Å². The van der Waals surface area contributed by atoms with Crippen molar-refractivity contribution in [1.29, 1.82) is 0 Å². The minimum absolute atomic E-state index is 0.126. The number of esters is 2. The molecular formula is C19H17NO5S. The van der Waals surface area contributed by atoms with E-state index in [9.17, 15) is 14.4 Å². The summed E-state index contributed by atoms with van der Waals surface area (Å²) in [5.41, 5.74) is 1.48. The first-order valence-corrected chi connectivity index (χ1v) is 8.94. The zero-order valence-electron chi connectivity index (χ0n) is 14.1. The number of hydrogen-bond donors (Lipinski definition) is 0. The molecule has 1 aliphatic rings. The maximum atomic E-state index is 12.2. The largest absolute Gasteiger partial charge is 0.469 e. The maximum absolute atomic E-state index is 12.2. The number of thioether (sulfide) groups is 1. The summed E-state index contributed by atoms with van der Waals surface area (Å²) in [7, 11) is 1.33. The molecule has 0 atom stereocenters. The molecule has 0 bridgehead atoms. The molecule has 1 heterocycles. The lowest BCUT2D eigenvalue weighted by molar-refractivity contribution is -0.139. The number of benzene rings is 2. The van der Waals surface area contributed by atoms with Gasteiger partial charge in [-0.15, -0.1) is 11.8 Å². The number of ether oxygens (including phenoxy) is 2. The Balaban J connectivity index is 1.64. The SMILES string of the molecule is COC(=O)Cc1ccc(OC(=O)CN2C(=O)CSc3ccccc32)cc1. The van der Waals surface area contributed by atoms with Crippen LogP contribution in [0.15, 0.2) is 53.4 Å². The first-order chi connectivity index (χ1) is 12.6. The van der Waals surface area contributed by atoms with Crippen LogP contribution in [0.4, 0.5) is 5.69 Å². The smallest absolute Gasteiger partial charge is 0.331 e. The number of hydrogen-bond acceptors (Lipinski definition) is 6. The maximum Gasteiger partial charge on any atom is 0.331 e. The molecule has 26 heavy (non-hydrogen) atoms. The molecule has 0 N–H and O–H groups in total. The van der Waals surface area contributed by atoms with Gasteiger partial charge in [0.05, 0.1) is 25.0 Å². The molecular weight excluding hydrogens is 354 g/mol. The molecule has 7 heteroatoms. The molecule has 2 aromatic rings. The van der Waals surface area contributed by atoms with Gasteiger partial charge in [0.25, 0.3) is 0 Å². The highest BCUT2D eigenvalue weighted by Crippen LogP contribution is 2.34. The Morgan fingerprint density at radius 1 is 1.08 bits per heavy atom. The number of methoxy groups -OCH3 is 1. The molecule has 0 fully saturated rings. The quantitative estimate of drug-likeness (QED) is 0.594. The minimum atomic E-state index is -0.527.